The van der Waals surface area contributed by atoms with Gasteiger partial charge in [0.1, 0.15) is 5.82 Å². The van der Waals surface area contributed by atoms with E-state index in [1.165, 1.54) is 12.1 Å². The fourth-order valence-electron chi connectivity index (χ4n) is 1.57. The van der Waals surface area contributed by atoms with Crippen LogP contribution in [0.2, 0.25) is 0 Å². The molecule has 5 nitrogen and oxygen atoms in total. The number of halogens is 1. The predicted molar refractivity (Wildman–Crippen MR) is 61.5 cm³/mol. The van der Waals surface area contributed by atoms with Crippen molar-refractivity contribution in [3.05, 3.63) is 30.1 Å². The summed E-state index contributed by atoms with van der Waals surface area (Å²) in [7, 11) is 0. The smallest absolute Gasteiger partial charge is 0.182 e. The first kappa shape index (κ1) is 11.7. The molecule has 0 radical (unpaired) electrons. The number of nitrogens with zero attached hydrogens (tertiary/aromatic N) is 4. The largest absolute Gasteiger partial charge is 0.330 e. The van der Waals surface area contributed by atoms with E-state index in [-0.39, 0.29) is 5.82 Å². The first-order valence-corrected chi connectivity index (χ1v) is 5.53. The lowest BCUT2D eigenvalue weighted by Gasteiger charge is -2.03. The van der Waals surface area contributed by atoms with E-state index in [1.54, 1.807) is 16.8 Å². The third-order valence-electron chi connectivity index (χ3n) is 2.46. The number of aromatic nitrogens is 4. The Balaban J connectivity index is 2.15. The van der Waals surface area contributed by atoms with Crippen molar-refractivity contribution in [3.8, 4) is 11.4 Å². The highest BCUT2D eigenvalue weighted by Gasteiger charge is 2.08. The van der Waals surface area contributed by atoms with Crippen molar-refractivity contribution in [1.82, 2.24) is 20.2 Å². The van der Waals surface area contributed by atoms with Crippen molar-refractivity contribution >= 4 is 0 Å². The maximum Gasteiger partial charge on any atom is 0.182 e. The van der Waals surface area contributed by atoms with Crippen molar-refractivity contribution in [3.63, 3.8) is 0 Å². The van der Waals surface area contributed by atoms with Crippen molar-refractivity contribution in [1.29, 1.82) is 0 Å². The summed E-state index contributed by atoms with van der Waals surface area (Å²) in [5.74, 6) is 0.387. The summed E-state index contributed by atoms with van der Waals surface area (Å²) in [6, 6.07) is 6.13. The summed E-state index contributed by atoms with van der Waals surface area (Å²) in [6.45, 7) is 1.38. The Kier molecular flexibility index (Phi) is 3.77. The molecule has 0 saturated carbocycles. The average Bonchev–Trinajstić information content (AvgIpc) is 2.79. The van der Waals surface area contributed by atoms with Gasteiger partial charge in [-0.15, -0.1) is 5.10 Å². The predicted octanol–water partition coefficient (Wildman–Crippen LogP) is 1.22. The van der Waals surface area contributed by atoms with Crippen LogP contribution in [0.1, 0.15) is 12.8 Å². The molecular weight excluding hydrogens is 221 g/mol. The molecule has 90 valence electrons. The van der Waals surface area contributed by atoms with Crippen LogP contribution in [0.15, 0.2) is 24.3 Å². The fourth-order valence-corrected chi connectivity index (χ4v) is 1.57. The minimum atomic E-state index is -0.268. The number of aryl methyl sites for hydroxylation is 1. The lowest BCUT2D eigenvalue weighted by molar-refractivity contribution is 0.548. The van der Waals surface area contributed by atoms with Crippen LogP contribution in [0.3, 0.4) is 0 Å². The number of hydrogen-bond donors (Lipinski definition) is 1. The molecule has 0 aliphatic heterocycles. The minimum absolute atomic E-state index is 0.268. The van der Waals surface area contributed by atoms with Gasteiger partial charge in [-0.05, 0) is 54.1 Å². The van der Waals surface area contributed by atoms with E-state index < -0.39 is 0 Å². The highest BCUT2D eigenvalue weighted by Crippen LogP contribution is 2.16. The molecule has 2 rings (SSSR count). The Labute approximate surface area is 98.4 Å². The minimum Gasteiger partial charge on any atom is -0.330 e. The molecule has 1 heterocycles. The number of hydrogen-bond acceptors (Lipinski definition) is 4. The van der Waals surface area contributed by atoms with Gasteiger partial charge >= 0.3 is 0 Å². The highest BCUT2D eigenvalue weighted by molar-refractivity contribution is 5.53. The van der Waals surface area contributed by atoms with Gasteiger partial charge in [-0.25, -0.2) is 9.07 Å². The zero-order valence-corrected chi connectivity index (χ0v) is 9.38. The van der Waals surface area contributed by atoms with Crippen LogP contribution in [0, 0.1) is 5.82 Å². The van der Waals surface area contributed by atoms with E-state index in [9.17, 15) is 4.39 Å². The topological polar surface area (TPSA) is 69.6 Å². The Morgan fingerprint density at radius 1 is 1.18 bits per heavy atom. The molecule has 0 fully saturated rings. The Morgan fingerprint density at radius 2 is 1.94 bits per heavy atom. The molecule has 0 saturated heterocycles. The molecule has 0 unspecified atom stereocenters. The van der Waals surface area contributed by atoms with Gasteiger partial charge in [-0.2, -0.15) is 0 Å². The van der Waals surface area contributed by atoms with Gasteiger partial charge in [0.25, 0.3) is 0 Å². The van der Waals surface area contributed by atoms with Crippen LogP contribution in [0.25, 0.3) is 11.4 Å². The molecule has 1 aromatic carbocycles. The van der Waals surface area contributed by atoms with Crippen molar-refractivity contribution in [2.45, 2.75) is 19.4 Å². The lowest BCUT2D eigenvalue weighted by Crippen LogP contribution is -2.06. The van der Waals surface area contributed by atoms with Crippen LogP contribution >= 0.6 is 0 Å². The second-order valence-corrected chi connectivity index (χ2v) is 3.73. The summed E-state index contributed by atoms with van der Waals surface area (Å²) < 4.78 is 14.5. The maximum atomic E-state index is 12.8. The van der Waals surface area contributed by atoms with E-state index in [2.05, 4.69) is 15.5 Å². The summed E-state index contributed by atoms with van der Waals surface area (Å²) in [6.07, 6.45) is 1.86. The van der Waals surface area contributed by atoms with Gasteiger partial charge in [-0.3, -0.25) is 0 Å². The number of rotatable bonds is 5. The number of nitrogens with two attached hydrogens (primary N) is 1. The summed E-state index contributed by atoms with van der Waals surface area (Å²) >= 11 is 0. The second-order valence-electron chi connectivity index (χ2n) is 3.73. The van der Waals surface area contributed by atoms with Gasteiger partial charge in [0.05, 0.1) is 0 Å². The molecule has 0 atom stereocenters. The van der Waals surface area contributed by atoms with E-state index in [0.717, 1.165) is 24.9 Å². The van der Waals surface area contributed by atoms with Crippen LogP contribution in [-0.4, -0.2) is 26.8 Å². The third kappa shape index (κ3) is 2.85. The Bertz CT molecular complexity index is 465. The summed E-state index contributed by atoms with van der Waals surface area (Å²) in [5.41, 5.74) is 6.24. The Morgan fingerprint density at radius 3 is 2.65 bits per heavy atom. The second kappa shape index (κ2) is 5.49. The first-order valence-electron chi connectivity index (χ1n) is 5.53. The molecule has 17 heavy (non-hydrogen) atoms. The van der Waals surface area contributed by atoms with E-state index in [1.807, 2.05) is 0 Å². The van der Waals surface area contributed by atoms with E-state index >= 15 is 0 Å². The normalized spacial score (nSPS) is 10.7. The molecule has 2 aromatic rings. The maximum absolute atomic E-state index is 12.8. The zero-order chi connectivity index (χ0) is 12.1. The number of benzene rings is 1. The first-order chi connectivity index (χ1) is 8.31. The third-order valence-corrected chi connectivity index (χ3v) is 2.46. The summed E-state index contributed by atoms with van der Waals surface area (Å²) in [5, 5.41) is 11.5. The van der Waals surface area contributed by atoms with Crippen molar-refractivity contribution < 1.29 is 4.39 Å². The number of unbranched alkanes of at least 4 members (excludes halogenated alkanes) is 1. The zero-order valence-electron chi connectivity index (χ0n) is 9.38. The average molecular weight is 235 g/mol. The molecule has 2 N–H and O–H groups in total. The van der Waals surface area contributed by atoms with Gasteiger partial charge in [0.2, 0.25) is 0 Å². The van der Waals surface area contributed by atoms with Gasteiger partial charge in [0, 0.05) is 12.1 Å². The molecule has 1 aromatic heterocycles. The lowest BCUT2D eigenvalue weighted by atomic mass is 10.2. The standard InChI is InChI=1S/C11H14FN5/c12-10-5-3-9(4-6-10)11-14-15-16-17(11)8-2-1-7-13/h3-6H,1-2,7-8,13H2. The molecule has 0 amide bonds. The van der Waals surface area contributed by atoms with Crippen LogP contribution in [-0.2, 0) is 6.54 Å². The van der Waals surface area contributed by atoms with Gasteiger partial charge < -0.3 is 5.73 Å². The fraction of sp³-hybridized carbons (Fsp3) is 0.364. The molecule has 0 aliphatic rings. The van der Waals surface area contributed by atoms with Gasteiger partial charge in [-0.1, -0.05) is 0 Å². The quantitative estimate of drug-likeness (QED) is 0.791. The van der Waals surface area contributed by atoms with E-state index in [4.69, 9.17) is 5.73 Å². The van der Waals surface area contributed by atoms with Crippen molar-refractivity contribution in [2.75, 3.05) is 6.54 Å². The SMILES string of the molecule is NCCCCn1nnnc1-c1ccc(F)cc1. The monoisotopic (exact) mass is 235 g/mol. The summed E-state index contributed by atoms with van der Waals surface area (Å²) in [4.78, 5) is 0. The van der Waals surface area contributed by atoms with Gasteiger partial charge in [0.15, 0.2) is 5.82 Å². The molecular formula is C11H14FN5. The highest BCUT2D eigenvalue weighted by atomic mass is 19.1. The molecule has 0 bridgehead atoms. The molecule has 0 spiro atoms. The van der Waals surface area contributed by atoms with Crippen molar-refractivity contribution in [2.24, 2.45) is 5.73 Å². The molecule has 0 aliphatic carbocycles. The van der Waals surface area contributed by atoms with Crippen LogP contribution in [0.5, 0.6) is 0 Å². The van der Waals surface area contributed by atoms with E-state index in [0.29, 0.717) is 12.4 Å². The Hall–Kier alpha value is -1.82. The van der Waals surface area contributed by atoms with Crippen LogP contribution in [0.4, 0.5) is 4.39 Å². The number of tetrazole rings is 1. The molecule has 6 heteroatoms. The van der Waals surface area contributed by atoms with Crippen LogP contribution < -0.4 is 5.73 Å².